The number of benzene rings is 1. The molecule has 0 bridgehead atoms. The van der Waals surface area contributed by atoms with Crippen LogP contribution in [0.2, 0.25) is 0 Å². The Balaban J connectivity index is 2.73. The molecule has 0 spiro atoms. The van der Waals surface area contributed by atoms with Crippen LogP contribution in [0.3, 0.4) is 0 Å². The summed E-state index contributed by atoms with van der Waals surface area (Å²) in [5, 5.41) is 8.57. The van der Waals surface area contributed by atoms with Gasteiger partial charge in [-0.2, -0.15) is 0 Å². The predicted molar refractivity (Wildman–Crippen MR) is 91.2 cm³/mol. The molecule has 0 saturated heterocycles. The quantitative estimate of drug-likeness (QED) is 0.746. The molecule has 0 aliphatic heterocycles. The number of hydrogen-bond acceptors (Lipinski definition) is 2. The van der Waals surface area contributed by atoms with Crippen molar-refractivity contribution in [1.29, 1.82) is 0 Å². The van der Waals surface area contributed by atoms with Crippen molar-refractivity contribution in [3.05, 3.63) is 23.8 Å². The van der Waals surface area contributed by atoms with Gasteiger partial charge in [0.1, 0.15) is 0 Å². The van der Waals surface area contributed by atoms with Gasteiger partial charge < -0.3 is 16.0 Å². The number of aryl methyl sites for hydroxylation is 1. The van der Waals surface area contributed by atoms with Gasteiger partial charge in [-0.3, -0.25) is 4.79 Å². The first-order valence-corrected chi connectivity index (χ1v) is 7.82. The molecular weight excluding hydrogens is 278 g/mol. The molecule has 0 heterocycles. The summed E-state index contributed by atoms with van der Waals surface area (Å²) in [6.45, 7) is 9.66. The molecule has 0 aliphatic carbocycles. The summed E-state index contributed by atoms with van der Waals surface area (Å²) in [7, 11) is 0. The zero-order valence-electron chi connectivity index (χ0n) is 14.1. The first kappa shape index (κ1) is 18.0. The SMILES string of the molecule is CCC[C@@H](C)NC(=O)Nc1cc(NC(=O)C(C)C)ccc1C. The minimum Gasteiger partial charge on any atom is -0.335 e. The average Bonchev–Trinajstić information content (AvgIpc) is 2.42. The lowest BCUT2D eigenvalue weighted by atomic mass is 10.1. The third-order valence-electron chi connectivity index (χ3n) is 3.38. The predicted octanol–water partition coefficient (Wildman–Crippen LogP) is 3.90. The number of rotatable bonds is 6. The van der Waals surface area contributed by atoms with Crippen molar-refractivity contribution in [1.82, 2.24) is 5.32 Å². The van der Waals surface area contributed by atoms with E-state index in [1.165, 1.54) is 0 Å². The van der Waals surface area contributed by atoms with E-state index in [9.17, 15) is 9.59 Å². The van der Waals surface area contributed by atoms with Gasteiger partial charge in [-0.05, 0) is 38.0 Å². The van der Waals surface area contributed by atoms with E-state index in [0.29, 0.717) is 11.4 Å². The number of amides is 3. The number of urea groups is 1. The second-order valence-electron chi connectivity index (χ2n) is 5.96. The van der Waals surface area contributed by atoms with E-state index >= 15 is 0 Å². The molecule has 1 rings (SSSR count). The molecule has 0 aliphatic rings. The highest BCUT2D eigenvalue weighted by molar-refractivity contribution is 5.94. The second kappa shape index (κ2) is 8.41. The lowest BCUT2D eigenvalue weighted by molar-refractivity contribution is -0.118. The molecule has 22 heavy (non-hydrogen) atoms. The van der Waals surface area contributed by atoms with Crippen molar-refractivity contribution in [2.75, 3.05) is 10.6 Å². The lowest BCUT2D eigenvalue weighted by Gasteiger charge is -2.16. The van der Waals surface area contributed by atoms with Gasteiger partial charge >= 0.3 is 6.03 Å². The Morgan fingerprint density at radius 2 is 1.82 bits per heavy atom. The van der Waals surface area contributed by atoms with Crippen molar-refractivity contribution in [2.24, 2.45) is 5.92 Å². The highest BCUT2D eigenvalue weighted by Crippen LogP contribution is 2.20. The summed E-state index contributed by atoms with van der Waals surface area (Å²) in [5.41, 5.74) is 2.32. The van der Waals surface area contributed by atoms with Crippen LogP contribution in [0.1, 0.15) is 46.1 Å². The number of carbonyl (C=O) groups excluding carboxylic acids is 2. The Kier molecular flexibility index (Phi) is 6.89. The Bertz CT molecular complexity index is 527. The molecule has 3 amide bonds. The first-order chi connectivity index (χ1) is 10.3. The second-order valence-corrected chi connectivity index (χ2v) is 5.96. The van der Waals surface area contributed by atoms with Crippen LogP contribution in [0.4, 0.5) is 16.2 Å². The molecule has 122 valence electrons. The number of anilines is 2. The molecule has 5 nitrogen and oxygen atoms in total. The molecular formula is C17H27N3O2. The van der Waals surface area contributed by atoms with Gasteiger partial charge in [-0.15, -0.1) is 0 Å². The minimum absolute atomic E-state index is 0.0455. The third-order valence-corrected chi connectivity index (χ3v) is 3.38. The molecule has 0 unspecified atom stereocenters. The number of nitrogens with one attached hydrogen (secondary N) is 3. The summed E-state index contributed by atoms with van der Waals surface area (Å²) in [4.78, 5) is 23.7. The topological polar surface area (TPSA) is 70.2 Å². The number of hydrogen-bond donors (Lipinski definition) is 3. The van der Waals surface area contributed by atoms with Crippen LogP contribution in [-0.2, 0) is 4.79 Å². The van der Waals surface area contributed by atoms with E-state index in [-0.39, 0.29) is 23.9 Å². The van der Waals surface area contributed by atoms with Gasteiger partial charge in [0.15, 0.2) is 0 Å². The van der Waals surface area contributed by atoms with E-state index in [0.717, 1.165) is 18.4 Å². The van der Waals surface area contributed by atoms with Gasteiger partial charge in [0.25, 0.3) is 0 Å². The minimum atomic E-state index is -0.226. The fourth-order valence-corrected chi connectivity index (χ4v) is 2.01. The summed E-state index contributed by atoms with van der Waals surface area (Å²) in [6.07, 6.45) is 1.97. The molecule has 1 aromatic carbocycles. The maximum absolute atomic E-state index is 12.0. The van der Waals surface area contributed by atoms with Crippen LogP contribution >= 0.6 is 0 Å². The van der Waals surface area contributed by atoms with E-state index in [1.54, 1.807) is 6.07 Å². The van der Waals surface area contributed by atoms with Crippen LogP contribution in [0.15, 0.2) is 18.2 Å². The molecule has 0 aromatic heterocycles. The Labute approximate surface area is 132 Å². The van der Waals surface area contributed by atoms with E-state index in [1.807, 2.05) is 39.8 Å². The molecule has 0 fully saturated rings. The standard InChI is InChI=1S/C17H27N3O2/c1-6-7-13(5)18-17(22)20-15-10-14(9-8-12(15)4)19-16(21)11(2)3/h8-11,13H,6-7H2,1-5H3,(H,19,21)(H2,18,20,22)/t13-/m1/s1. The monoisotopic (exact) mass is 305 g/mol. The Morgan fingerprint density at radius 3 is 2.41 bits per heavy atom. The van der Waals surface area contributed by atoms with Crippen molar-refractivity contribution in [3.8, 4) is 0 Å². The van der Waals surface area contributed by atoms with Crippen molar-refractivity contribution in [2.45, 2.75) is 53.5 Å². The highest BCUT2D eigenvalue weighted by Gasteiger charge is 2.11. The van der Waals surface area contributed by atoms with Crippen LogP contribution < -0.4 is 16.0 Å². The molecule has 1 aromatic rings. The van der Waals surface area contributed by atoms with E-state index in [4.69, 9.17) is 0 Å². The van der Waals surface area contributed by atoms with Crippen LogP contribution in [0.5, 0.6) is 0 Å². The Hall–Kier alpha value is -2.04. The average molecular weight is 305 g/mol. The first-order valence-electron chi connectivity index (χ1n) is 7.82. The van der Waals surface area contributed by atoms with Crippen molar-refractivity contribution < 1.29 is 9.59 Å². The van der Waals surface area contributed by atoms with Gasteiger partial charge in [-0.25, -0.2) is 4.79 Å². The highest BCUT2D eigenvalue weighted by atomic mass is 16.2. The molecule has 0 saturated carbocycles. The van der Waals surface area contributed by atoms with Gasteiger partial charge in [0.2, 0.25) is 5.91 Å². The Morgan fingerprint density at radius 1 is 1.14 bits per heavy atom. The summed E-state index contributed by atoms with van der Waals surface area (Å²) in [5.74, 6) is -0.133. The molecule has 1 atom stereocenters. The summed E-state index contributed by atoms with van der Waals surface area (Å²) in [6, 6.07) is 5.39. The normalized spacial score (nSPS) is 11.9. The fourth-order valence-electron chi connectivity index (χ4n) is 2.01. The van der Waals surface area contributed by atoms with Crippen molar-refractivity contribution in [3.63, 3.8) is 0 Å². The maximum atomic E-state index is 12.0. The molecule has 0 radical (unpaired) electrons. The fraction of sp³-hybridized carbons (Fsp3) is 0.529. The van der Waals surface area contributed by atoms with Gasteiger partial charge in [-0.1, -0.05) is 33.3 Å². The largest absolute Gasteiger partial charge is 0.335 e. The van der Waals surface area contributed by atoms with Gasteiger partial charge in [0.05, 0.1) is 0 Å². The summed E-state index contributed by atoms with van der Waals surface area (Å²) >= 11 is 0. The van der Waals surface area contributed by atoms with Crippen molar-refractivity contribution >= 4 is 23.3 Å². The van der Waals surface area contributed by atoms with Gasteiger partial charge in [0, 0.05) is 23.3 Å². The third kappa shape index (κ3) is 5.76. The molecule has 3 N–H and O–H groups in total. The zero-order chi connectivity index (χ0) is 16.7. The maximum Gasteiger partial charge on any atom is 0.319 e. The smallest absolute Gasteiger partial charge is 0.319 e. The zero-order valence-corrected chi connectivity index (χ0v) is 14.1. The van der Waals surface area contributed by atoms with Crippen LogP contribution in [-0.4, -0.2) is 18.0 Å². The van der Waals surface area contributed by atoms with E-state index < -0.39 is 0 Å². The molecule has 5 heteroatoms. The number of carbonyl (C=O) groups is 2. The van der Waals surface area contributed by atoms with E-state index in [2.05, 4.69) is 22.9 Å². The summed E-state index contributed by atoms with van der Waals surface area (Å²) < 4.78 is 0. The van der Waals surface area contributed by atoms with Crippen LogP contribution in [0, 0.1) is 12.8 Å². The van der Waals surface area contributed by atoms with Crippen LogP contribution in [0.25, 0.3) is 0 Å². The lowest BCUT2D eigenvalue weighted by Crippen LogP contribution is -2.36.